The molecule has 0 spiro atoms. The van der Waals surface area contributed by atoms with Gasteiger partial charge in [0.15, 0.2) is 0 Å². The van der Waals surface area contributed by atoms with Crippen LogP contribution in [0.15, 0.2) is 0 Å². The Kier molecular flexibility index (Phi) is 8.40. The van der Waals surface area contributed by atoms with E-state index in [0.717, 1.165) is 0 Å². The third-order valence-electron chi connectivity index (χ3n) is 0.622. The Balaban J connectivity index is 0. The number of nitrogens with two attached hydrogens (primary N) is 1. The molecule has 2 nitrogen and oxygen atoms in total. The highest BCUT2D eigenvalue weighted by atomic mass is 35.5. The van der Waals surface area contributed by atoms with Crippen LogP contribution >= 0.6 is 12.4 Å². The minimum absolute atomic E-state index is 0. The lowest BCUT2D eigenvalue weighted by Gasteiger charge is -1.90. The third-order valence-corrected chi connectivity index (χ3v) is 0.622. The summed E-state index contributed by atoms with van der Waals surface area (Å²) in [5, 5.41) is 0. The van der Waals surface area contributed by atoms with Crippen LogP contribution < -0.4 is 5.73 Å². The minimum Gasteiger partial charge on any atom is -0.328 e. The van der Waals surface area contributed by atoms with Crippen molar-refractivity contribution in [1.82, 2.24) is 4.90 Å². The van der Waals surface area contributed by atoms with E-state index < -0.39 is 0 Å². The predicted molar refractivity (Wildman–Crippen MR) is 44.1 cm³/mol. The van der Waals surface area contributed by atoms with Crippen LogP contribution in [0.2, 0.25) is 0 Å². The Hall–Kier alpha value is 0.210. The molecule has 0 aromatic carbocycles. The van der Waals surface area contributed by atoms with E-state index in [1.54, 1.807) is 0 Å². The van der Waals surface area contributed by atoms with E-state index in [1.165, 1.54) is 12.8 Å². The first-order chi connectivity index (χ1) is 3.63. The molecule has 0 bridgehead atoms. The first kappa shape index (κ1) is 11.9. The van der Waals surface area contributed by atoms with Gasteiger partial charge in [-0.25, -0.2) is 0 Å². The Morgan fingerprint density at radius 2 is 1.33 bits per heavy atom. The van der Waals surface area contributed by atoms with Crippen molar-refractivity contribution in [2.75, 3.05) is 21.1 Å². The van der Waals surface area contributed by atoms with Crippen molar-refractivity contribution < 1.29 is 0 Å². The van der Waals surface area contributed by atoms with Gasteiger partial charge in [-0.05, 0) is 34.0 Å². The van der Waals surface area contributed by atoms with E-state index >= 15 is 0 Å². The Labute approximate surface area is 63.8 Å². The summed E-state index contributed by atoms with van der Waals surface area (Å²) in [6.07, 6.45) is 2.53. The fourth-order valence-electron chi connectivity index (χ4n) is 0.0962. The second kappa shape index (κ2) is 6.33. The lowest BCUT2D eigenvalue weighted by atomic mass is 10.8. The van der Waals surface area contributed by atoms with E-state index in [2.05, 4.69) is 0 Å². The second-order valence-corrected chi connectivity index (χ2v) is 2.68. The van der Waals surface area contributed by atoms with Crippen LogP contribution in [0.4, 0.5) is 0 Å². The first-order valence-electron chi connectivity index (χ1n) is 2.99. The van der Waals surface area contributed by atoms with Gasteiger partial charge in [0.05, 0.1) is 0 Å². The van der Waals surface area contributed by atoms with Crippen molar-refractivity contribution in [2.45, 2.75) is 18.9 Å². The van der Waals surface area contributed by atoms with Gasteiger partial charge >= 0.3 is 0 Å². The van der Waals surface area contributed by atoms with Crippen molar-refractivity contribution in [1.29, 1.82) is 0 Å². The Morgan fingerprint density at radius 1 is 1.22 bits per heavy atom. The molecule has 1 fully saturated rings. The molecule has 0 radical (unpaired) electrons. The molecule has 3 heteroatoms. The molecule has 1 saturated carbocycles. The van der Waals surface area contributed by atoms with E-state index in [-0.39, 0.29) is 12.4 Å². The maximum absolute atomic E-state index is 5.22. The van der Waals surface area contributed by atoms with Crippen LogP contribution in [-0.2, 0) is 0 Å². The summed E-state index contributed by atoms with van der Waals surface area (Å²) in [5.41, 5.74) is 5.22. The average Bonchev–Trinajstić information content (AvgIpc) is 2.19. The van der Waals surface area contributed by atoms with Gasteiger partial charge in [0.25, 0.3) is 0 Å². The van der Waals surface area contributed by atoms with Gasteiger partial charge in [0.2, 0.25) is 0 Å². The highest BCUT2D eigenvalue weighted by Gasteiger charge is 2.13. The number of nitrogens with zero attached hydrogens (tertiary/aromatic N) is 1. The first-order valence-corrected chi connectivity index (χ1v) is 2.99. The van der Waals surface area contributed by atoms with Gasteiger partial charge in [0.1, 0.15) is 0 Å². The smallest absolute Gasteiger partial charge is 0.00399 e. The summed E-state index contributed by atoms with van der Waals surface area (Å²) in [6.45, 7) is 0. The van der Waals surface area contributed by atoms with Gasteiger partial charge in [-0.1, -0.05) is 0 Å². The fourth-order valence-corrected chi connectivity index (χ4v) is 0.0962. The summed E-state index contributed by atoms with van der Waals surface area (Å²) >= 11 is 0. The summed E-state index contributed by atoms with van der Waals surface area (Å²) in [4.78, 5) is 2.00. The molecule has 0 aromatic rings. The standard InChI is InChI=1S/C3H7N.C3H9N.ClH/c4-3-1-2-3;1-4(2)3;/h3H,1-2,4H2;1-3H3;1H. The highest BCUT2D eigenvalue weighted by molar-refractivity contribution is 5.85. The zero-order chi connectivity index (χ0) is 6.57. The van der Waals surface area contributed by atoms with Crippen LogP contribution in [0, 0.1) is 0 Å². The Morgan fingerprint density at radius 3 is 1.33 bits per heavy atom. The fraction of sp³-hybridized carbons (Fsp3) is 1.00. The zero-order valence-electron chi connectivity index (χ0n) is 6.42. The highest BCUT2D eigenvalue weighted by Crippen LogP contribution is 2.13. The molecule has 58 valence electrons. The van der Waals surface area contributed by atoms with E-state index in [4.69, 9.17) is 5.73 Å². The van der Waals surface area contributed by atoms with E-state index in [9.17, 15) is 0 Å². The summed E-state index contributed by atoms with van der Waals surface area (Å²) in [6, 6.07) is 0.583. The molecule has 0 unspecified atom stereocenters. The van der Waals surface area contributed by atoms with Crippen LogP contribution in [0.1, 0.15) is 12.8 Å². The van der Waals surface area contributed by atoms with Crippen LogP contribution in [0.5, 0.6) is 0 Å². The van der Waals surface area contributed by atoms with Gasteiger partial charge in [-0.15, -0.1) is 12.4 Å². The number of rotatable bonds is 0. The number of hydrogen-bond donors (Lipinski definition) is 1. The quantitative estimate of drug-likeness (QED) is 0.554. The lowest BCUT2D eigenvalue weighted by Crippen LogP contribution is -1.99. The maximum Gasteiger partial charge on any atom is 0.00399 e. The molecule has 0 aromatic heterocycles. The molecule has 1 aliphatic carbocycles. The predicted octanol–water partition coefficient (Wildman–Crippen LogP) is 0.707. The summed E-state index contributed by atoms with van der Waals surface area (Å²) in [5.74, 6) is 0. The van der Waals surface area contributed by atoms with Crippen molar-refractivity contribution in [3.63, 3.8) is 0 Å². The molecule has 1 rings (SSSR count). The van der Waals surface area contributed by atoms with Gasteiger partial charge < -0.3 is 10.6 Å². The summed E-state index contributed by atoms with van der Waals surface area (Å²) in [7, 11) is 6.00. The van der Waals surface area contributed by atoms with E-state index in [1.807, 2.05) is 26.0 Å². The normalized spacial score (nSPS) is 15.7. The molecular weight excluding hydrogens is 136 g/mol. The van der Waals surface area contributed by atoms with Crippen molar-refractivity contribution in [3.05, 3.63) is 0 Å². The molecule has 0 atom stereocenters. The van der Waals surface area contributed by atoms with Gasteiger partial charge in [0, 0.05) is 6.04 Å². The monoisotopic (exact) mass is 152 g/mol. The molecule has 0 saturated heterocycles. The van der Waals surface area contributed by atoms with Gasteiger partial charge in [-0.3, -0.25) is 0 Å². The SMILES string of the molecule is CN(C)C.Cl.NC1CC1. The third kappa shape index (κ3) is 30.7. The largest absolute Gasteiger partial charge is 0.328 e. The molecule has 2 N–H and O–H groups in total. The average molecular weight is 153 g/mol. The van der Waals surface area contributed by atoms with E-state index in [0.29, 0.717) is 6.04 Å². The zero-order valence-corrected chi connectivity index (χ0v) is 7.24. The van der Waals surface area contributed by atoms with Crippen LogP contribution in [-0.4, -0.2) is 32.1 Å². The number of hydrogen-bond acceptors (Lipinski definition) is 2. The molecule has 0 aliphatic heterocycles. The van der Waals surface area contributed by atoms with Crippen LogP contribution in [0.25, 0.3) is 0 Å². The van der Waals surface area contributed by atoms with Crippen molar-refractivity contribution >= 4 is 12.4 Å². The molecular formula is C6H17ClN2. The number of halogens is 1. The second-order valence-electron chi connectivity index (χ2n) is 2.68. The van der Waals surface area contributed by atoms with Crippen molar-refractivity contribution in [3.8, 4) is 0 Å². The minimum atomic E-state index is 0. The topological polar surface area (TPSA) is 29.3 Å². The van der Waals surface area contributed by atoms with Crippen molar-refractivity contribution in [2.24, 2.45) is 5.73 Å². The maximum atomic E-state index is 5.22. The van der Waals surface area contributed by atoms with Gasteiger partial charge in [-0.2, -0.15) is 0 Å². The molecule has 0 heterocycles. The Bertz CT molecular complexity index is 50.3. The summed E-state index contributed by atoms with van der Waals surface area (Å²) < 4.78 is 0. The molecule has 1 aliphatic rings. The molecule has 0 amide bonds. The lowest BCUT2D eigenvalue weighted by molar-refractivity contribution is 0.505. The van der Waals surface area contributed by atoms with Crippen LogP contribution in [0.3, 0.4) is 0 Å². The molecule has 9 heavy (non-hydrogen) atoms.